The molecule has 0 aliphatic rings. The molecule has 4 nitrogen and oxygen atoms in total. The van der Waals surface area contributed by atoms with Crippen molar-refractivity contribution in [2.45, 2.75) is 13.5 Å². The van der Waals surface area contributed by atoms with Gasteiger partial charge < -0.3 is 14.8 Å². The quantitative estimate of drug-likeness (QED) is 0.261. The zero-order chi connectivity index (χ0) is 23.4. The van der Waals surface area contributed by atoms with E-state index in [0.29, 0.717) is 38.7 Å². The number of hydrogen-bond acceptors (Lipinski definition) is 3. The molecular formula is C26H20Cl3NO3. The number of nitrogens with one attached hydrogen (secondary N) is 1. The van der Waals surface area contributed by atoms with Gasteiger partial charge in [0.25, 0.3) is 5.91 Å². The van der Waals surface area contributed by atoms with Gasteiger partial charge >= 0.3 is 0 Å². The number of rotatable bonds is 7. The van der Waals surface area contributed by atoms with Crippen molar-refractivity contribution in [3.05, 3.63) is 99.0 Å². The highest BCUT2D eigenvalue weighted by molar-refractivity contribution is 6.44. The first-order valence-corrected chi connectivity index (χ1v) is 11.4. The number of carbonyl (C=O) groups excluding carboxylic acids is 1. The van der Waals surface area contributed by atoms with Crippen LogP contribution in [0.3, 0.4) is 0 Å². The molecule has 168 valence electrons. The predicted molar refractivity (Wildman–Crippen MR) is 135 cm³/mol. The van der Waals surface area contributed by atoms with Crippen molar-refractivity contribution >= 4 is 57.2 Å². The van der Waals surface area contributed by atoms with Crippen LogP contribution in [0.4, 0.5) is 5.69 Å². The Morgan fingerprint density at radius 3 is 2.39 bits per heavy atom. The summed E-state index contributed by atoms with van der Waals surface area (Å²) in [5, 5.41) is 5.79. The lowest BCUT2D eigenvalue weighted by Gasteiger charge is -2.15. The van der Waals surface area contributed by atoms with Gasteiger partial charge in [0.2, 0.25) is 0 Å². The Morgan fingerprint density at radius 2 is 1.58 bits per heavy atom. The van der Waals surface area contributed by atoms with E-state index in [9.17, 15) is 4.79 Å². The molecule has 7 heteroatoms. The number of hydrogen-bond donors (Lipinski definition) is 1. The fourth-order valence-electron chi connectivity index (χ4n) is 3.42. The van der Waals surface area contributed by atoms with Gasteiger partial charge in [-0.1, -0.05) is 71.2 Å². The lowest BCUT2D eigenvalue weighted by molar-refractivity contribution is 0.102. The van der Waals surface area contributed by atoms with Crippen molar-refractivity contribution in [1.82, 2.24) is 0 Å². The first-order valence-electron chi connectivity index (χ1n) is 10.3. The average Bonchev–Trinajstić information content (AvgIpc) is 2.82. The lowest BCUT2D eigenvalue weighted by atomic mass is 10.1. The first-order chi connectivity index (χ1) is 16.0. The van der Waals surface area contributed by atoms with Crippen LogP contribution in [0.5, 0.6) is 11.5 Å². The van der Waals surface area contributed by atoms with Crippen LogP contribution in [0.2, 0.25) is 15.1 Å². The molecular weight excluding hydrogens is 481 g/mol. The van der Waals surface area contributed by atoms with E-state index in [-0.39, 0.29) is 12.5 Å². The SMILES string of the molecule is CCOc1ccc(C(=O)Nc2cc(Cl)c(Cl)cc2Cl)cc1COc1cccc2ccccc12. The summed E-state index contributed by atoms with van der Waals surface area (Å²) in [6.45, 7) is 2.63. The Balaban J connectivity index is 1.59. The van der Waals surface area contributed by atoms with Crippen molar-refractivity contribution in [2.75, 3.05) is 11.9 Å². The summed E-state index contributed by atoms with van der Waals surface area (Å²) in [5.74, 6) is 1.07. The standard InChI is InChI=1S/C26H20Cl3NO3/c1-2-32-24-11-10-17(26(31)30-23-14-21(28)20(27)13-22(23)29)12-18(24)15-33-25-9-5-7-16-6-3-4-8-19(16)25/h3-14H,2,15H2,1H3,(H,30,31). The normalized spacial score (nSPS) is 10.8. The molecule has 0 bridgehead atoms. The van der Waals surface area contributed by atoms with Crippen molar-refractivity contribution in [1.29, 1.82) is 0 Å². The fraction of sp³-hybridized carbons (Fsp3) is 0.115. The van der Waals surface area contributed by atoms with Crippen LogP contribution >= 0.6 is 34.8 Å². The Labute approximate surface area is 207 Å². The average molecular weight is 501 g/mol. The third-order valence-electron chi connectivity index (χ3n) is 5.01. The van der Waals surface area contributed by atoms with Crippen LogP contribution in [0.25, 0.3) is 10.8 Å². The number of fused-ring (bicyclic) bond motifs is 1. The van der Waals surface area contributed by atoms with Gasteiger partial charge in [-0.15, -0.1) is 0 Å². The molecule has 4 rings (SSSR count). The van der Waals surface area contributed by atoms with Gasteiger partial charge in [0.05, 0.1) is 27.4 Å². The summed E-state index contributed by atoms with van der Waals surface area (Å²) >= 11 is 18.2. The van der Waals surface area contributed by atoms with Gasteiger partial charge in [0.15, 0.2) is 0 Å². The smallest absolute Gasteiger partial charge is 0.255 e. The molecule has 0 atom stereocenters. The van der Waals surface area contributed by atoms with Gasteiger partial charge in [0.1, 0.15) is 18.1 Å². The van der Waals surface area contributed by atoms with Crippen LogP contribution in [0.1, 0.15) is 22.8 Å². The number of ether oxygens (including phenoxy) is 2. The van der Waals surface area contributed by atoms with Crippen LogP contribution in [0, 0.1) is 0 Å². The molecule has 0 aromatic heterocycles. The fourth-order valence-corrected chi connectivity index (χ4v) is 4.01. The van der Waals surface area contributed by atoms with Crippen molar-refractivity contribution < 1.29 is 14.3 Å². The van der Waals surface area contributed by atoms with Gasteiger partial charge in [-0.3, -0.25) is 4.79 Å². The number of carbonyl (C=O) groups is 1. The van der Waals surface area contributed by atoms with Gasteiger partial charge in [0, 0.05) is 16.5 Å². The zero-order valence-corrected chi connectivity index (χ0v) is 20.0. The van der Waals surface area contributed by atoms with Crippen LogP contribution in [0.15, 0.2) is 72.8 Å². The van der Waals surface area contributed by atoms with E-state index in [1.165, 1.54) is 12.1 Å². The molecule has 4 aromatic carbocycles. The highest BCUT2D eigenvalue weighted by Crippen LogP contribution is 2.33. The second kappa shape index (κ2) is 10.3. The van der Waals surface area contributed by atoms with Crippen LogP contribution in [-0.4, -0.2) is 12.5 Å². The molecule has 0 spiro atoms. The molecule has 0 saturated carbocycles. The lowest BCUT2D eigenvalue weighted by Crippen LogP contribution is -2.13. The largest absolute Gasteiger partial charge is 0.493 e. The minimum Gasteiger partial charge on any atom is -0.493 e. The second-order valence-corrected chi connectivity index (χ2v) is 8.44. The zero-order valence-electron chi connectivity index (χ0n) is 17.7. The number of amides is 1. The maximum Gasteiger partial charge on any atom is 0.255 e. The van der Waals surface area contributed by atoms with E-state index in [1.807, 2.05) is 49.4 Å². The number of benzene rings is 4. The molecule has 0 radical (unpaired) electrons. The Bertz CT molecular complexity index is 1320. The molecule has 1 amide bonds. The molecule has 0 heterocycles. The summed E-state index contributed by atoms with van der Waals surface area (Å²) in [5.41, 5.74) is 1.55. The maximum absolute atomic E-state index is 12.9. The maximum atomic E-state index is 12.9. The molecule has 0 saturated heterocycles. The highest BCUT2D eigenvalue weighted by Gasteiger charge is 2.15. The van der Waals surface area contributed by atoms with Crippen LogP contribution in [-0.2, 0) is 6.61 Å². The number of halogens is 3. The van der Waals surface area contributed by atoms with Crippen molar-refractivity contribution in [2.24, 2.45) is 0 Å². The molecule has 0 fully saturated rings. The minimum atomic E-state index is -0.343. The van der Waals surface area contributed by atoms with E-state index in [2.05, 4.69) is 5.32 Å². The van der Waals surface area contributed by atoms with Gasteiger partial charge in [-0.05, 0) is 48.7 Å². The second-order valence-electron chi connectivity index (χ2n) is 7.22. The third kappa shape index (κ3) is 5.36. The molecule has 0 aliphatic carbocycles. The third-order valence-corrected chi connectivity index (χ3v) is 6.05. The molecule has 0 aliphatic heterocycles. The molecule has 4 aromatic rings. The van der Waals surface area contributed by atoms with Gasteiger partial charge in [-0.25, -0.2) is 0 Å². The van der Waals surface area contributed by atoms with Crippen molar-refractivity contribution in [3.8, 4) is 11.5 Å². The topological polar surface area (TPSA) is 47.6 Å². The van der Waals surface area contributed by atoms with E-state index < -0.39 is 0 Å². The summed E-state index contributed by atoms with van der Waals surface area (Å²) in [6.07, 6.45) is 0. The summed E-state index contributed by atoms with van der Waals surface area (Å²) in [4.78, 5) is 12.9. The number of anilines is 1. The summed E-state index contributed by atoms with van der Waals surface area (Å²) in [6, 6.07) is 22.1. The molecule has 0 unspecified atom stereocenters. The summed E-state index contributed by atoms with van der Waals surface area (Å²) < 4.78 is 11.9. The van der Waals surface area contributed by atoms with E-state index in [0.717, 1.165) is 22.1 Å². The van der Waals surface area contributed by atoms with E-state index in [4.69, 9.17) is 44.3 Å². The predicted octanol–water partition coefficient (Wildman–Crippen LogP) is 8.03. The molecule has 33 heavy (non-hydrogen) atoms. The monoisotopic (exact) mass is 499 g/mol. The van der Waals surface area contributed by atoms with E-state index in [1.54, 1.807) is 18.2 Å². The summed E-state index contributed by atoms with van der Waals surface area (Å²) in [7, 11) is 0. The highest BCUT2D eigenvalue weighted by atomic mass is 35.5. The Kier molecular flexibility index (Phi) is 7.29. The Hall–Kier alpha value is -2.92. The van der Waals surface area contributed by atoms with E-state index >= 15 is 0 Å². The minimum absolute atomic E-state index is 0.234. The molecule has 1 N–H and O–H groups in total. The first kappa shape index (κ1) is 23.2. The van der Waals surface area contributed by atoms with Gasteiger partial charge in [-0.2, -0.15) is 0 Å². The van der Waals surface area contributed by atoms with Crippen molar-refractivity contribution in [3.63, 3.8) is 0 Å². The Morgan fingerprint density at radius 1 is 0.818 bits per heavy atom. The van der Waals surface area contributed by atoms with Crippen LogP contribution < -0.4 is 14.8 Å².